The van der Waals surface area contributed by atoms with Crippen LogP contribution in [0.25, 0.3) is 0 Å². The second-order valence-corrected chi connectivity index (χ2v) is 8.38. The third kappa shape index (κ3) is 2.76. The van der Waals surface area contributed by atoms with Crippen LogP contribution >= 0.6 is 23.1 Å². The fraction of sp³-hybridized carbons (Fsp3) is 0.688. The minimum Gasteiger partial charge on any atom is -0.317 e. The standard InChI is InChI=1S/C16H24N2OS2/c1-10(2)14-16(19)18(11-6-4-7-12(11)20-3)15(17-14)13-8-5-9-21-13/h5,8-12,14-15,17H,4,6-7H2,1-3H3. The van der Waals surface area contributed by atoms with Crippen LogP contribution in [0.15, 0.2) is 17.5 Å². The van der Waals surface area contributed by atoms with E-state index < -0.39 is 0 Å². The van der Waals surface area contributed by atoms with Gasteiger partial charge in [0.25, 0.3) is 0 Å². The van der Waals surface area contributed by atoms with Crippen molar-refractivity contribution in [1.29, 1.82) is 0 Å². The molecule has 116 valence electrons. The van der Waals surface area contributed by atoms with Gasteiger partial charge in [-0.15, -0.1) is 11.3 Å². The van der Waals surface area contributed by atoms with Crippen LogP contribution in [0.1, 0.15) is 44.2 Å². The highest BCUT2D eigenvalue weighted by molar-refractivity contribution is 7.99. The Kier molecular flexibility index (Phi) is 4.62. The molecule has 21 heavy (non-hydrogen) atoms. The highest BCUT2D eigenvalue weighted by Gasteiger charge is 2.47. The van der Waals surface area contributed by atoms with Crippen molar-refractivity contribution in [2.75, 3.05) is 6.26 Å². The van der Waals surface area contributed by atoms with Crippen molar-refractivity contribution < 1.29 is 4.79 Å². The molecule has 1 saturated carbocycles. The van der Waals surface area contributed by atoms with Crippen LogP contribution < -0.4 is 5.32 Å². The van der Waals surface area contributed by atoms with Gasteiger partial charge in [-0.2, -0.15) is 11.8 Å². The first-order valence-corrected chi connectivity index (χ1v) is 9.94. The number of amides is 1. The molecule has 1 N–H and O–H groups in total. The Morgan fingerprint density at radius 1 is 1.43 bits per heavy atom. The molecule has 2 aliphatic rings. The lowest BCUT2D eigenvalue weighted by molar-refractivity contribution is -0.132. The molecule has 1 aromatic heterocycles. The van der Waals surface area contributed by atoms with Crippen molar-refractivity contribution >= 4 is 29.0 Å². The quantitative estimate of drug-likeness (QED) is 0.920. The third-order valence-electron chi connectivity index (χ3n) is 4.69. The molecule has 4 unspecified atom stereocenters. The average Bonchev–Trinajstić information content (AvgIpc) is 3.16. The van der Waals surface area contributed by atoms with E-state index in [9.17, 15) is 4.79 Å². The van der Waals surface area contributed by atoms with Gasteiger partial charge in [-0.1, -0.05) is 26.3 Å². The van der Waals surface area contributed by atoms with Crippen molar-refractivity contribution in [2.24, 2.45) is 5.92 Å². The molecule has 5 heteroatoms. The fourth-order valence-corrected chi connectivity index (χ4v) is 5.37. The SMILES string of the molecule is CSC1CCCC1N1C(=O)C(C(C)C)NC1c1cccs1. The van der Waals surface area contributed by atoms with Crippen LogP contribution in [0.4, 0.5) is 0 Å². The number of nitrogens with zero attached hydrogens (tertiary/aromatic N) is 1. The Hall–Kier alpha value is -0.520. The summed E-state index contributed by atoms with van der Waals surface area (Å²) in [5, 5.41) is 6.28. The second kappa shape index (κ2) is 6.31. The van der Waals surface area contributed by atoms with Crippen molar-refractivity contribution in [1.82, 2.24) is 10.2 Å². The third-order valence-corrected chi connectivity index (χ3v) is 6.77. The molecule has 3 nitrogen and oxygen atoms in total. The molecule has 1 aliphatic heterocycles. The topological polar surface area (TPSA) is 32.3 Å². The first kappa shape index (κ1) is 15.4. The summed E-state index contributed by atoms with van der Waals surface area (Å²) in [7, 11) is 0. The molecular formula is C16H24N2OS2. The predicted molar refractivity (Wildman–Crippen MR) is 90.6 cm³/mol. The van der Waals surface area contributed by atoms with E-state index in [4.69, 9.17) is 0 Å². The smallest absolute Gasteiger partial charge is 0.241 e. The van der Waals surface area contributed by atoms with E-state index in [1.54, 1.807) is 11.3 Å². The number of thiophene rings is 1. The molecule has 0 spiro atoms. The average molecular weight is 325 g/mol. The van der Waals surface area contributed by atoms with E-state index in [1.807, 2.05) is 11.8 Å². The molecule has 0 bridgehead atoms. The van der Waals surface area contributed by atoms with Crippen molar-refractivity contribution in [3.63, 3.8) is 0 Å². The van der Waals surface area contributed by atoms with Gasteiger partial charge in [0.15, 0.2) is 0 Å². The molecule has 2 fully saturated rings. The van der Waals surface area contributed by atoms with E-state index in [0.29, 0.717) is 23.1 Å². The van der Waals surface area contributed by atoms with Crippen LogP contribution in [0.2, 0.25) is 0 Å². The largest absolute Gasteiger partial charge is 0.317 e. The maximum atomic E-state index is 13.0. The summed E-state index contributed by atoms with van der Waals surface area (Å²) in [6.07, 6.45) is 5.87. The number of carbonyl (C=O) groups excluding carboxylic acids is 1. The van der Waals surface area contributed by atoms with Crippen LogP contribution in [0.3, 0.4) is 0 Å². The summed E-state index contributed by atoms with van der Waals surface area (Å²) in [6.45, 7) is 4.26. The molecule has 1 amide bonds. The Labute approximate surface area is 135 Å². The van der Waals surface area contributed by atoms with Crippen LogP contribution in [-0.4, -0.2) is 34.4 Å². The molecule has 1 aromatic rings. The van der Waals surface area contributed by atoms with Gasteiger partial charge < -0.3 is 4.90 Å². The summed E-state index contributed by atoms with van der Waals surface area (Å²) in [4.78, 5) is 16.4. The first-order valence-electron chi connectivity index (χ1n) is 7.78. The monoisotopic (exact) mass is 324 g/mol. The summed E-state index contributed by atoms with van der Waals surface area (Å²) < 4.78 is 0. The van der Waals surface area contributed by atoms with Gasteiger partial charge in [-0.05, 0) is 36.5 Å². The van der Waals surface area contributed by atoms with Crippen molar-refractivity contribution in [2.45, 2.75) is 56.6 Å². The molecular weight excluding hydrogens is 300 g/mol. The number of nitrogens with one attached hydrogen (secondary N) is 1. The normalized spacial score (nSPS) is 33.3. The minimum atomic E-state index is -0.0415. The Balaban J connectivity index is 1.91. The highest BCUT2D eigenvalue weighted by Crippen LogP contribution is 2.40. The molecule has 4 atom stereocenters. The van der Waals surface area contributed by atoms with Crippen LogP contribution in [0, 0.1) is 5.92 Å². The number of rotatable bonds is 4. The summed E-state index contributed by atoms with van der Waals surface area (Å²) >= 11 is 3.66. The van der Waals surface area contributed by atoms with E-state index in [2.05, 4.69) is 47.8 Å². The highest BCUT2D eigenvalue weighted by atomic mass is 32.2. The van der Waals surface area contributed by atoms with E-state index >= 15 is 0 Å². The molecule has 2 heterocycles. The van der Waals surface area contributed by atoms with Gasteiger partial charge >= 0.3 is 0 Å². The zero-order valence-electron chi connectivity index (χ0n) is 12.9. The summed E-state index contributed by atoms with van der Waals surface area (Å²) in [5.41, 5.74) is 0. The molecule has 0 aromatic carbocycles. The van der Waals surface area contributed by atoms with Gasteiger partial charge in [0.1, 0.15) is 6.17 Å². The Morgan fingerprint density at radius 3 is 2.86 bits per heavy atom. The Bertz CT molecular complexity index is 488. The van der Waals surface area contributed by atoms with Crippen LogP contribution in [-0.2, 0) is 4.79 Å². The number of thioether (sulfide) groups is 1. The van der Waals surface area contributed by atoms with Crippen molar-refractivity contribution in [3.8, 4) is 0 Å². The van der Waals surface area contributed by atoms with Crippen LogP contribution in [0.5, 0.6) is 0 Å². The van der Waals surface area contributed by atoms with E-state index in [0.717, 1.165) is 6.42 Å². The number of hydrogen-bond donors (Lipinski definition) is 1. The number of carbonyl (C=O) groups is 1. The van der Waals surface area contributed by atoms with Gasteiger partial charge in [0.05, 0.1) is 6.04 Å². The lowest BCUT2D eigenvalue weighted by atomic mass is 10.0. The zero-order chi connectivity index (χ0) is 15.0. The fourth-order valence-electron chi connectivity index (χ4n) is 3.61. The summed E-state index contributed by atoms with van der Waals surface area (Å²) in [6, 6.07) is 4.57. The van der Waals surface area contributed by atoms with E-state index in [1.165, 1.54) is 17.7 Å². The zero-order valence-corrected chi connectivity index (χ0v) is 14.5. The Morgan fingerprint density at radius 2 is 2.24 bits per heavy atom. The van der Waals surface area contributed by atoms with E-state index in [-0.39, 0.29) is 12.2 Å². The van der Waals surface area contributed by atoms with Gasteiger partial charge in [0.2, 0.25) is 5.91 Å². The summed E-state index contributed by atoms with van der Waals surface area (Å²) in [5.74, 6) is 0.633. The molecule has 0 radical (unpaired) electrons. The molecule has 1 aliphatic carbocycles. The first-order chi connectivity index (χ1) is 10.1. The molecule has 3 rings (SSSR count). The lowest BCUT2D eigenvalue weighted by Crippen LogP contribution is -2.43. The lowest BCUT2D eigenvalue weighted by Gasteiger charge is -2.33. The maximum Gasteiger partial charge on any atom is 0.241 e. The van der Waals surface area contributed by atoms with Gasteiger partial charge in [0, 0.05) is 16.2 Å². The maximum absolute atomic E-state index is 13.0. The number of hydrogen-bond acceptors (Lipinski definition) is 4. The van der Waals surface area contributed by atoms with Gasteiger partial charge in [-0.3, -0.25) is 10.1 Å². The predicted octanol–water partition coefficient (Wildman–Crippen LogP) is 3.49. The molecule has 1 saturated heterocycles. The van der Waals surface area contributed by atoms with Crippen molar-refractivity contribution in [3.05, 3.63) is 22.4 Å². The van der Waals surface area contributed by atoms with Gasteiger partial charge in [-0.25, -0.2) is 0 Å². The minimum absolute atomic E-state index is 0.0415. The second-order valence-electron chi connectivity index (χ2n) is 6.32.